The minimum atomic E-state index is -3.15. The molecule has 158 valence electrons. The van der Waals surface area contributed by atoms with Crippen LogP contribution in [0.15, 0.2) is 41.5 Å². The maximum absolute atomic E-state index is 12.1. The molecule has 0 spiro atoms. The Labute approximate surface area is 169 Å². The summed E-state index contributed by atoms with van der Waals surface area (Å²) < 4.78 is 35.7. The van der Waals surface area contributed by atoms with Gasteiger partial charge in [-0.1, -0.05) is 30.3 Å². The van der Waals surface area contributed by atoms with Crippen molar-refractivity contribution in [3.63, 3.8) is 0 Å². The smallest absolute Gasteiger partial charge is 0.316 e. The average Bonchev–Trinajstić information content (AvgIpc) is 3.41. The molecule has 0 amide bonds. The molecule has 1 aromatic carbocycles. The van der Waals surface area contributed by atoms with Gasteiger partial charge in [-0.2, -0.15) is 4.98 Å². The van der Waals surface area contributed by atoms with E-state index in [1.165, 1.54) is 10.9 Å². The number of aromatic amines is 1. The van der Waals surface area contributed by atoms with E-state index in [2.05, 4.69) is 15.0 Å². The van der Waals surface area contributed by atoms with Crippen LogP contribution in [0.25, 0.3) is 11.2 Å². The van der Waals surface area contributed by atoms with Gasteiger partial charge in [0.2, 0.25) is 5.95 Å². The molecule has 30 heavy (non-hydrogen) atoms. The van der Waals surface area contributed by atoms with Crippen molar-refractivity contribution in [1.29, 1.82) is 0 Å². The molecule has 6 unspecified atom stereocenters. The van der Waals surface area contributed by atoms with Crippen molar-refractivity contribution in [2.45, 2.75) is 30.8 Å². The number of rotatable bonds is 5. The second-order valence-electron chi connectivity index (χ2n) is 6.86. The predicted octanol–water partition coefficient (Wildman–Crippen LogP) is 0.481. The Morgan fingerprint density at radius 1 is 1.23 bits per heavy atom. The van der Waals surface area contributed by atoms with E-state index in [1.807, 2.05) is 30.3 Å². The Kier molecular flexibility index (Phi) is 4.89. The lowest BCUT2D eigenvalue weighted by Gasteiger charge is -2.21. The number of nitrogens with zero attached hydrogens (tertiary/aromatic N) is 3. The number of nitrogen functional groups attached to an aromatic ring is 1. The zero-order valence-electron chi connectivity index (χ0n) is 15.4. The van der Waals surface area contributed by atoms with E-state index in [-0.39, 0.29) is 23.7 Å². The summed E-state index contributed by atoms with van der Waals surface area (Å²) in [6.07, 6.45) is -1.89. The number of fused-ring (bicyclic) bond motifs is 2. The highest BCUT2D eigenvalue weighted by Crippen LogP contribution is 2.45. The lowest BCUT2D eigenvalue weighted by atomic mass is 10.1. The van der Waals surface area contributed by atoms with Crippen LogP contribution in [-0.4, -0.2) is 49.3 Å². The molecule has 0 saturated carbocycles. The monoisotopic (exact) mass is 435 g/mol. The van der Waals surface area contributed by atoms with Crippen molar-refractivity contribution in [3.05, 3.63) is 52.6 Å². The number of nitrogens with one attached hydrogen (secondary N) is 1. The molecule has 2 saturated heterocycles. The first-order chi connectivity index (χ1) is 14.5. The van der Waals surface area contributed by atoms with Crippen LogP contribution >= 0.6 is 8.25 Å². The molecule has 0 radical (unpaired) electrons. The van der Waals surface area contributed by atoms with Gasteiger partial charge in [-0.3, -0.25) is 18.9 Å². The standard InChI is InChI=1S/C17H18N5O7P/c18-17-20-13-10(14(23)21-17)19-7-22(13)15-12-11(9(27-15)6-26-30(24)25)28-16(29-12)8-4-2-1-3-5-8/h1-5,7,9,11-12,15-16,30H,6H2,(H,24,25)(H3,18,20,21,23). The van der Waals surface area contributed by atoms with E-state index in [0.29, 0.717) is 0 Å². The molecule has 3 aromatic rings. The van der Waals surface area contributed by atoms with Gasteiger partial charge in [0.25, 0.3) is 5.56 Å². The van der Waals surface area contributed by atoms with Crippen LogP contribution in [0.5, 0.6) is 0 Å². The second kappa shape index (κ2) is 7.58. The highest BCUT2D eigenvalue weighted by molar-refractivity contribution is 7.32. The van der Waals surface area contributed by atoms with E-state index in [0.717, 1.165) is 5.56 Å². The van der Waals surface area contributed by atoms with Crippen molar-refractivity contribution in [2.24, 2.45) is 0 Å². The predicted molar refractivity (Wildman–Crippen MR) is 103 cm³/mol. The third-order valence-corrected chi connectivity index (χ3v) is 5.43. The molecule has 12 nitrogen and oxygen atoms in total. The first-order valence-electron chi connectivity index (χ1n) is 9.10. The summed E-state index contributed by atoms with van der Waals surface area (Å²) in [4.78, 5) is 31.8. The third kappa shape index (κ3) is 3.33. The Bertz CT molecular complexity index is 1150. The van der Waals surface area contributed by atoms with Gasteiger partial charge < -0.3 is 29.4 Å². The molecule has 5 rings (SSSR count). The van der Waals surface area contributed by atoms with Crippen LogP contribution in [0.3, 0.4) is 0 Å². The summed E-state index contributed by atoms with van der Waals surface area (Å²) in [5.41, 5.74) is 6.35. The minimum Gasteiger partial charge on any atom is -0.369 e. The van der Waals surface area contributed by atoms with Crippen molar-refractivity contribution < 1.29 is 28.2 Å². The first-order valence-corrected chi connectivity index (χ1v) is 10.4. The molecule has 2 fully saturated rings. The van der Waals surface area contributed by atoms with Crippen molar-refractivity contribution >= 4 is 25.4 Å². The van der Waals surface area contributed by atoms with E-state index < -0.39 is 44.6 Å². The Morgan fingerprint density at radius 3 is 2.77 bits per heavy atom. The topological polar surface area (TPSA) is 164 Å². The average molecular weight is 435 g/mol. The third-order valence-electron chi connectivity index (χ3n) is 5.01. The van der Waals surface area contributed by atoms with Gasteiger partial charge in [-0.25, -0.2) is 4.98 Å². The second-order valence-corrected chi connectivity index (χ2v) is 7.68. The van der Waals surface area contributed by atoms with E-state index >= 15 is 0 Å². The summed E-state index contributed by atoms with van der Waals surface area (Å²) in [6, 6.07) is 9.35. The summed E-state index contributed by atoms with van der Waals surface area (Å²) in [5, 5.41) is 0. The number of imidazole rings is 1. The van der Waals surface area contributed by atoms with Gasteiger partial charge in [0.15, 0.2) is 23.7 Å². The fraction of sp³-hybridized carbons (Fsp3) is 0.353. The normalized spacial score (nSPS) is 29.3. The number of hydrogen-bond acceptors (Lipinski definition) is 9. The van der Waals surface area contributed by atoms with Gasteiger partial charge in [0, 0.05) is 5.56 Å². The molecular weight excluding hydrogens is 417 g/mol. The zero-order chi connectivity index (χ0) is 20.8. The fourth-order valence-corrected chi connectivity index (χ4v) is 4.05. The van der Waals surface area contributed by atoms with Gasteiger partial charge in [-0.05, 0) is 0 Å². The fourth-order valence-electron chi connectivity index (χ4n) is 3.74. The summed E-state index contributed by atoms with van der Waals surface area (Å²) >= 11 is 0. The number of aromatic nitrogens is 4. The lowest BCUT2D eigenvalue weighted by molar-refractivity contribution is -0.152. The SMILES string of the molecule is Nc1nc2c(ncn2C2OC(CO[PH](=O)O)C3OC(c4ccccc4)OC32)c(=O)[nH]1. The molecule has 13 heteroatoms. The largest absolute Gasteiger partial charge is 0.369 e. The molecular formula is C17H18N5O7P. The van der Waals surface area contributed by atoms with Crippen LogP contribution in [0, 0.1) is 0 Å². The molecule has 2 aliphatic rings. The van der Waals surface area contributed by atoms with Crippen molar-refractivity contribution in [1.82, 2.24) is 19.5 Å². The van der Waals surface area contributed by atoms with Gasteiger partial charge >= 0.3 is 8.25 Å². The van der Waals surface area contributed by atoms with E-state index in [4.69, 9.17) is 29.4 Å². The number of H-pyrrole nitrogens is 1. The molecule has 0 bridgehead atoms. The van der Waals surface area contributed by atoms with Crippen molar-refractivity contribution in [2.75, 3.05) is 12.3 Å². The lowest BCUT2D eigenvalue weighted by Crippen LogP contribution is -2.31. The van der Waals surface area contributed by atoms with Crippen molar-refractivity contribution in [3.8, 4) is 0 Å². The Hall–Kier alpha value is -2.60. The summed E-state index contributed by atoms with van der Waals surface area (Å²) in [7, 11) is -3.15. The summed E-state index contributed by atoms with van der Waals surface area (Å²) in [5.74, 6) is -0.0618. The summed E-state index contributed by atoms with van der Waals surface area (Å²) in [6.45, 7) is -0.167. The minimum absolute atomic E-state index is 0.0618. The Morgan fingerprint density at radius 2 is 2.00 bits per heavy atom. The quantitative estimate of drug-likeness (QED) is 0.480. The molecule has 6 atom stereocenters. The van der Waals surface area contributed by atoms with Gasteiger partial charge in [-0.15, -0.1) is 0 Å². The highest BCUT2D eigenvalue weighted by Gasteiger charge is 2.54. The van der Waals surface area contributed by atoms with E-state index in [9.17, 15) is 9.36 Å². The van der Waals surface area contributed by atoms with Gasteiger partial charge in [0.05, 0.1) is 12.9 Å². The van der Waals surface area contributed by atoms with Crippen LogP contribution in [0.1, 0.15) is 18.1 Å². The maximum atomic E-state index is 12.1. The molecule has 4 heterocycles. The first kappa shape index (κ1) is 19.4. The highest BCUT2D eigenvalue weighted by atomic mass is 31.1. The zero-order valence-corrected chi connectivity index (χ0v) is 16.4. The molecule has 2 aliphatic heterocycles. The molecule has 2 aromatic heterocycles. The molecule has 4 N–H and O–H groups in total. The molecule has 0 aliphatic carbocycles. The number of ether oxygens (including phenoxy) is 3. The number of hydrogen-bond donors (Lipinski definition) is 3. The van der Waals surface area contributed by atoms with E-state index in [1.54, 1.807) is 0 Å². The number of nitrogens with two attached hydrogens (primary N) is 1. The number of anilines is 1. The van der Waals surface area contributed by atoms with Crippen LogP contribution in [0.2, 0.25) is 0 Å². The Balaban J connectivity index is 1.51. The van der Waals surface area contributed by atoms with Crippen LogP contribution in [0.4, 0.5) is 5.95 Å². The van der Waals surface area contributed by atoms with Gasteiger partial charge in [0.1, 0.15) is 18.3 Å². The number of benzene rings is 1. The maximum Gasteiger partial charge on any atom is 0.316 e. The van der Waals surface area contributed by atoms with Crippen LogP contribution < -0.4 is 11.3 Å². The van der Waals surface area contributed by atoms with Crippen LogP contribution in [-0.2, 0) is 23.3 Å².